The van der Waals surface area contributed by atoms with Gasteiger partial charge >= 0.3 is 13.2 Å². The summed E-state index contributed by atoms with van der Waals surface area (Å²) in [7, 11) is 0.969. The number of piperidine rings is 1. The van der Waals surface area contributed by atoms with Crippen molar-refractivity contribution in [1.29, 1.82) is 0 Å². The fourth-order valence-corrected chi connectivity index (χ4v) is 3.26. The maximum Gasteiger partial charge on any atom is 0.494 e. The van der Waals surface area contributed by atoms with Crippen LogP contribution in [0.3, 0.4) is 0 Å². The van der Waals surface area contributed by atoms with Crippen LogP contribution in [0.15, 0.2) is 18.2 Å². The van der Waals surface area contributed by atoms with Gasteiger partial charge in [0.1, 0.15) is 6.10 Å². The van der Waals surface area contributed by atoms with Crippen LogP contribution in [0, 0.1) is 0 Å². The van der Waals surface area contributed by atoms with Crippen molar-refractivity contribution in [1.82, 2.24) is 4.90 Å². The average Bonchev–Trinajstić information content (AvgIpc) is 2.84. The number of carboxylic acid groups (broad SMARTS) is 1. The summed E-state index contributed by atoms with van der Waals surface area (Å²) in [5.41, 5.74) is -0.139. The zero-order chi connectivity index (χ0) is 20.7. The first-order valence-corrected chi connectivity index (χ1v) is 9.36. The molecule has 2 aliphatic heterocycles. The Morgan fingerprint density at radius 2 is 1.89 bits per heavy atom. The minimum Gasteiger partial charge on any atom is -0.493 e. The number of benzene rings is 1. The maximum absolute atomic E-state index is 14.4. The molecule has 1 aromatic rings. The topological polar surface area (TPSA) is 77.5 Å². The van der Waals surface area contributed by atoms with Crippen LogP contribution < -0.4 is 14.9 Å². The van der Waals surface area contributed by atoms with Gasteiger partial charge in [0.2, 0.25) is 0 Å². The number of rotatable bonds is 4. The van der Waals surface area contributed by atoms with E-state index in [0.29, 0.717) is 11.5 Å². The highest BCUT2D eigenvalue weighted by atomic mass is 19.1. The molecule has 2 heterocycles. The highest BCUT2D eigenvalue weighted by Crippen LogP contribution is 2.37. The molecule has 0 radical (unpaired) electrons. The monoisotopic (exact) mass is 395 g/mol. The first-order chi connectivity index (χ1) is 13.0. The summed E-state index contributed by atoms with van der Waals surface area (Å²) >= 11 is 0. The molecule has 0 aliphatic carbocycles. The Bertz CT molecular complexity index is 727. The minimum absolute atomic E-state index is 0.200. The third kappa shape index (κ3) is 3.91. The van der Waals surface area contributed by atoms with Crippen LogP contribution in [-0.2, 0) is 9.31 Å². The molecule has 7 nitrogen and oxygen atoms in total. The van der Waals surface area contributed by atoms with Crippen molar-refractivity contribution in [2.45, 2.75) is 57.6 Å². The van der Waals surface area contributed by atoms with Gasteiger partial charge < -0.3 is 28.8 Å². The first kappa shape index (κ1) is 20.7. The van der Waals surface area contributed by atoms with Gasteiger partial charge in [0.05, 0.1) is 24.9 Å². The van der Waals surface area contributed by atoms with Gasteiger partial charge in [-0.25, -0.2) is 9.18 Å². The van der Waals surface area contributed by atoms with Gasteiger partial charge in [0.25, 0.3) is 0 Å². The highest BCUT2D eigenvalue weighted by molar-refractivity contribution is 6.62. The van der Waals surface area contributed by atoms with Crippen LogP contribution in [0.5, 0.6) is 11.5 Å². The molecule has 1 N–H and O–H groups in total. The Kier molecular flexibility index (Phi) is 5.51. The van der Waals surface area contributed by atoms with Gasteiger partial charge in [-0.2, -0.15) is 0 Å². The number of hydrogen-bond donors (Lipinski definition) is 1. The normalized spacial score (nSPS) is 26.2. The summed E-state index contributed by atoms with van der Waals surface area (Å²) in [6, 6.07) is 5.27. The van der Waals surface area contributed by atoms with E-state index in [-0.39, 0.29) is 19.5 Å². The van der Waals surface area contributed by atoms with Crippen molar-refractivity contribution in [3.8, 4) is 11.5 Å². The summed E-state index contributed by atoms with van der Waals surface area (Å²) < 4.78 is 37.7. The summed E-state index contributed by atoms with van der Waals surface area (Å²) in [6.07, 6.45) is -2.98. The van der Waals surface area contributed by atoms with Crippen molar-refractivity contribution in [2.24, 2.45) is 0 Å². The van der Waals surface area contributed by atoms with E-state index in [1.807, 2.05) is 27.7 Å². The molecule has 2 fully saturated rings. The Balaban J connectivity index is 1.73. The van der Waals surface area contributed by atoms with Gasteiger partial charge in [-0.05, 0) is 45.3 Å². The summed E-state index contributed by atoms with van der Waals surface area (Å²) in [6.45, 7) is 7.95. The molecule has 1 aromatic carbocycles. The molecule has 0 bridgehead atoms. The molecule has 2 saturated heterocycles. The largest absolute Gasteiger partial charge is 0.494 e. The van der Waals surface area contributed by atoms with Crippen molar-refractivity contribution in [3.63, 3.8) is 0 Å². The number of halogens is 1. The Morgan fingerprint density at radius 1 is 1.25 bits per heavy atom. The summed E-state index contributed by atoms with van der Waals surface area (Å²) in [5.74, 6) is 0.847. The van der Waals surface area contributed by atoms with Crippen LogP contribution in [0.25, 0.3) is 0 Å². The van der Waals surface area contributed by atoms with Crippen LogP contribution in [-0.4, -0.2) is 66.9 Å². The quantitative estimate of drug-likeness (QED) is 0.790. The zero-order valence-electron chi connectivity index (χ0n) is 16.9. The molecule has 154 valence electrons. The van der Waals surface area contributed by atoms with Crippen LogP contribution in [0.4, 0.5) is 9.18 Å². The summed E-state index contributed by atoms with van der Waals surface area (Å²) in [5, 5.41) is 9.00. The number of ether oxygens (including phenoxy) is 2. The van der Waals surface area contributed by atoms with Gasteiger partial charge in [-0.1, -0.05) is 6.07 Å². The first-order valence-electron chi connectivity index (χ1n) is 9.36. The molecule has 0 aromatic heterocycles. The van der Waals surface area contributed by atoms with Gasteiger partial charge in [0.15, 0.2) is 17.7 Å². The number of alkyl halides is 1. The lowest BCUT2D eigenvalue weighted by Gasteiger charge is -2.33. The average molecular weight is 395 g/mol. The third-order valence-electron chi connectivity index (χ3n) is 5.74. The fourth-order valence-electron chi connectivity index (χ4n) is 3.26. The zero-order valence-corrected chi connectivity index (χ0v) is 16.9. The van der Waals surface area contributed by atoms with Crippen molar-refractivity contribution < 1.29 is 33.1 Å². The molecule has 2 aliphatic rings. The van der Waals surface area contributed by atoms with E-state index < -0.39 is 36.7 Å². The number of carbonyl (C=O) groups is 1. The number of hydrogen-bond acceptors (Lipinski definition) is 5. The Labute approximate surface area is 164 Å². The number of amides is 1. The van der Waals surface area contributed by atoms with E-state index in [4.69, 9.17) is 23.9 Å². The predicted octanol–water partition coefficient (Wildman–Crippen LogP) is 2.46. The van der Waals surface area contributed by atoms with Crippen LogP contribution >= 0.6 is 0 Å². The molecule has 0 spiro atoms. The SMILES string of the molecule is COc1cc(B2OC(C)(C)C(C)(C)O2)ccc1O[C@H]1CCN(C(=O)O)C[C@@H]1F. The third-order valence-corrected chi connectivity index (χ3v) is 5.74. The van der Waals surface area contributed by atoms with E-state index in [0.717, 1.165) is 10.4 Å². The molecular formula is C19H27BFNO6. The Hall–Kier alpha value is -2.00. The number of nitrogens with zero attached hydrogens (tertiary/aromatic N) is 1. The molecule has 28 heavy (non-hydrogen) atoms. The van der Waals surface area contributed by atoms with E-state index in [9.17, 15) is 9.18 Å². The molecule has 3 rings (SSSR count). The van der Waals surface area contributed by atoms with Crippen molar-refractivity contribution in [2.75, 3.05) is 20.2 Å². The summed E-state index contributed by atoms with van der Waals surface area (Å²) in [4.78, 5) is 12.1. The van der Waals surface area contributed by atoms with E-state index >= 15 is 0 Å². The van der Waals surface area contributed by atoms with E-state index in [1.165, 1.54) is 7.11 Å². The van der Waals surface area contributed by atoms with Crippen LogP contribution in [0.2, 0.25) is 0 Å². The van der Waals surface area contributed by atoms with E-state index in [2.05, 4.69) is 0 Å². The van der Waals surface area contributed by atoms with Gasteiger partial charge in [0, 0.05) is 13.0 Å². The van der Waals surface area contributed by atoms with Gasteiger partial charge in [-0.3, -0.25) is 0 Å². The molecule has 0 saturated carbocycles. The smallest absolute Gasteiger partial charge is 0.493 e. The number of methoxy groups -OCH3 is 1. The standard InChI is InChI=1S/C19H27BFNO6/c1-18(2)19(3,4)28-20(27-18)12-6-7-15(16(10-12)25-5)26-14-8-9-22(17(23)24)11-13(14)21/h6-7,10,13-14H,8-9,11H2,1-5H3,(H,23,24)/t13-,14-/m0/s1. The molecule has 1 amide bonds. The fraction of sp³-hybridized carbons (Fsp3) is 0.632. The highest BCUT2D eigenvalue weighted by Gasteiger charge is 2.51. The van der Waals surface area contributed by atoms with Crippen LogP contribution in [0.1, 0.15) is 34.1 Å². The van der Waals surface area contributed by atoms with E-state index in [1.54, 1.807) is 18.2 Å². The number of likely N-dealkylation sites (tertiary alicyclic amines) is 1. The molecule has 2 atom stereocenters. The lowest BCUT2D eigenvalue weighted by Crippen LogP contribution is -2.48. The van der Waals surface area contributed by atoms with Crippen molar-refractivity contribution >= 4 is 18.7 Å². The lowest BCUT2D eigenvalue weighted by atomic mass is 9.79. The Morgan fingerprint density at radius 3 is 2.43 bits per heavy atom. The van der Waals surface area contributed by atoms with Crippen molar-refractivity contribution in [3.05, 3.63) is 18.2 Å². The minimum atomic E-state index is -1.41. The maximum atomic E-state index is 14.4. The lowest BCUT2D eigenvalue weighted by molar-refractivity contribution is 0.00578. The van der Waals surface area contributed by atoms with Gasteiger partial charge in [-0.15, -0.1) is 0 Å². The molecular weight excluding hydrogens is 368 g/mol. The second-order valence-electron chi connectivity index (χ2n) is 8.19. The molecule has 0 unspecified atom stereocenters. The second-order valence-corrected chi connectivity index (χ2v) is 8.19. The predicted molar refractivity (Wildman–Crippen MR) is 102 cm³/mol. The second kappa shape index (κ2) is 7.44. The molecule has 9 heteroatoms.